The summed E-state index contributed by atoms with van der Waals surface area (Å²) in [5.74, 6) is -1.01. The molecule has 6 heteroatoms. The van der Waals surface area contributed by atoms with Crippen LogP contribution in [0.4, 0.5) is 4.39 Å². The Kier molecular flexibility index (Phi) is 4.40. The van der Waals surface area contributed by atoms with Crippen molar-refractivity contribution in [2.24, 2.45) is 0 Å². The van der Waals surface area contributed by atoms with E-state index in [9.17, 15) is 9.18 Å². The molecule has 0 spiro atoms. The Balaban J connectivity index is 2.28. The van der Waals surface area contributed by atoms with Crippen LogP contribution in [0.5, 0.6) is 0 Å². The molecule has 0 aliphatic carbocycles. The van der Waals surface area contributed by atoms with Crippen molar-refractivity contribution in [1.82, 2.24) is 4.98 Å². The molecule has 0 aliphatic heterocycles. The van der Waals surface area contributed by atoms with Crippen molar-refractivity contribution < 1.29 is 9.18 Å². The number of Topliss-reactive ketones (excluding diaryl/α,β-unsaturated/α-hetero) is 1. The van der Waals surface area contributed by atoms with E-state index in [1.54, 1.807) is 6.07 Å². The van der Waals surface area contributed by atoms with Gasteiger partial charge in [-0.2, -0.15) is 0 Å². The van der Waals surface area contributed by atoms with Crippen LogP contribution >= 0.6 is 34.8 Å². The minimum atomic E-state index is -0.609. The molecule has 2 rings (SSSR count). The van der Waals surface area contributed by atoms with Gasteiger partial charge in [-0.1, -0.05) is 46.9 Å². The van der Waals surface area contributed by atoms with Gasteiger partial charge >= 0.3 is 0 Å². The number of hydrogen-bond acceptors (Lipinski definition) is 2. The first-order chi connectivity index (χ1) is 8.99. The van der Waals surface area contributed by atoms with Gasteiger partial charge in [-0.15, -0.1) is 0 Å². The highest BCUT2D eigenvalue weighted by molar-refractivity contribution is 6.36. The summed E-state index contributed by atoms with van der Waals surface area (Å²) in [6.07, 6.45) is 1.15. The maximum Gasteiger partial charge on any atom is 0.187 e. The summed E-state index contributed by atoms with van der Waals surface area (Å²) in [6, 6.07) is 5.89. The van der Waals surface area contributed by atoms with E-state index in [1.165, 1.54) is 24.4 Å². The molecule has 19 heavy (non-hydrogen) atoms. The first kappa shape index (κ1) is 14.3. The summed E-state index contributed by atoms with van der Waals surface area (Å²) in [4.78, 5) is 15.9. The SMILES string of the molecule is O=C(Cc1cccc(Cl)c1F)c1ncc(Cl)cc1Cl. The molecule has 0 saturated carbocycles. The highest BCUT2D eigenvalue weighted by Crippen LogP contribution is 2.22. The molecule has 0 N–H and O–H groups in total. The topological polar surface area (TPSA) is 30.0 Å². The Hall–Kier alpha value is -1.16. The zero-order valence-electron chi connectivity index (χ0n) is 9.46. The second-order valence-electron chi connectivity index (χ2n) is 3.80. The summed E-state index contributed by atoms with van der Waals surface area (Å²) in [6.45, 7) is 0. The molecule has 2 aromatic rings. The second kappa shape index (κ2) is 5.87. The van der Waals surface area contributed by atoms with Crippen LogP contribution in [-0.2, 0) is 6.42 Å². The van der Waals surface area contributed by atoms with Crippen LogP contribution < -0.4 is 0 Å². The number of ketones is 1. The van der Waals surface area contributed by atoms with E-state index in [4.69, 9.17) is 34.8 Å². The number of nitrogens with zero attached hydrogens (tertiary/aromatic N) is 1. The summed E-state index contributed by atoms with van der Waals surface area (Å²) >= 11 is 17.2. The van der Waals surface area contributed by atoms with Gasteiger partial charge in [-0.25, -0.2) is 9.37 Å². The Morgan fingerprint density at radius 1 is 1.21 bits per heavy atom. The largest absolute Gasteiger partial charge is 0.292 e. The van der Waals surface area contributed by atoms with Gasteiger partial charge in [0.25, 0.3) is 0 Å². The van der Waals surface area contributed by atoms with Gasteiger partial charge in [0.05, 0.1) is 15.1 Å². The zero-order chi connectivity index (χ0) is 14.0. The third kappa shape index (κ3) is 3.24. The number of rotatable bonds is 3. The molecule has 0 bridgehead atoms. The second-order valence-corrected chi connectivity index (χ2v) is 5.05. The highest BCUT2D eigenvalue weighted by atomic mass is 35.5. The van der Waals surface area contributed by atoms with Crippen molar-refractivity contribution in [3.63, 3.8) is 0 Å². The minimum Gasteiger partial charge on any atom is -0.292 e. The van der Waals surface area contributed by atoms with Crippen molar-refractivity contribution in [3.05, 3.63) is 62.6 Å². The number of aromatic nitrogens is 1. The van der Waals surface area contributed by atoms with Gasteiger partial charge in [0, 0.05) is 12.6 Å². The van der Waals surface area contributed by atoms with E-state index in [0.717, 1.165) is 0 Å². The molecular weight excluding hydrogens is 312 g/mol. The number of carbonyl (C=O) groups excluding carboxylic acids is 1. The average molecular weight is 319 g/mol. The number of halogens is 4. The van der Waals surface area contributed by atoms with Crippen molar-refractivity contribution in [2.45, 2.75) is 6.42 Å². The lowest BCUT2D eigenvalue weighted by Crippen LogP contribution is -2.08. The summed E-state index contributed by atoms with van der Waals surface area (Å²) in [7, 11) is 0. The van der Waals surface area contributed by atoms with E-state index < -0.39 is 11.6 Å². The van der Waals surface area contributed by atoms with E-state index in [2.05, 4.69) is 4.98 Å². The molecule has 0 unspecified atom stereocenters. The van der Waals surface area contributed by atoms with Gasteiger partial charge in [0.15, 0.2) is 5.78 Å². The molecule has 0 fully saturated rings. The normalized spacial score (nSPS) is 10.5. The molecule has 0 radical (unpaired) electrons. The number of pyridine rings is 1. The predicted octanol–water partition coefficient (Wildman–Crippen LogP) is 4.61. The van der Waals surface area contributed by atoms with Crippen molar-refractivity contribution in [1.29, 1.82) is 0 Å². The maximum atomic E-state index is 13.7. The summed E-state index contributed by atoms with van der Waals surface area (Å²) in [5, 5.41) is 0.441. The fraction of sp³-hybridized carbons (Fsp3) is 0.0769. The van der Waals surface area contributed by atoms with Crippen LogP contribution in [0.25, 0.3) is 0 Å². The van der Waals surface area contributed by atoms with Gasteiger partial charge in [0.2, 0.25) is 0 Å². The summed E-state index contributed by atoms with van der Waals surface area (Å²) < 4.78 is 13.7. The van der Waals surface area contributed by atoms with Crippen molar-refractivity contribution >= 4 is 40.6 Å². The van der Waals surface area contributed by atoms with E-state index >= 15 is 0 Å². The third-order valence-corrected chi connectivity index (χ3v) is 3.24. The van der Waals surface area contributed by atoms with Gasteiger partial charge in [0.1, 0.15) is 11.5 Å². The average Bonchev–Trinajstić information content (AvgIpc) is 2.34. The molecule has 0 amide bonds. The van der Waals surface area contributed by atoms with E-state index in [0.29, 0.717) is 5.02 Å². The molecule has 98 valence electrons. The third-order valence-electron chi connectivity index (χ3n) is 2.45. The van der Waals surface area contributed by atoms with E-state index in [-0.39, 0.29) is 27.7 Å². The quantitative estimate of drug-likeness (QED) is 0.774. The molecule has 0 aliphatic rings. The fourth-order valence-corrected chi connectivity index (χ4v) is 2.24. The fourth-order valence-electron chi connectivity index (χ4n) is 1.56. The maximum absolute atomic E-state index is 13.7. The van der Waals surface area contributed by atoms with Crippen LogP contribution in [0.15, 0.2) is 30.5 Å². The Bertz CT molecular complexity index is 646. The summed E-state index contributed by atoms with van der Waals surface area (Å²) in [5.41, 5.74) is 0.260. The molecular formula is C13H7Cl3FNO. The van der Waals surface area contributed by atoms with Crippen molar-refractivity contribution in [3.8, 4) is 0 Å². The number of benzene rings is 1. The standard InChI is InChI=1S/C13H7Cl3FNO/c14-8-5-10(16)13(18-6-8)11(19)4-7-2-1-3-9(15)12(7)17/h1-3,5-6H,4H2. The Morgan fingerprint density at radius 2 is 1.95 bits per heavy atom. The molecule has 0 saturated heterocycles. The smallest absolute Gasteiger partial charge is 0.187 e. The van der Waals surface area contributed by atoms with Gasteiger partial charge in [-0.3, -0.25) is 4.79 Å². The van der Waals surface area contributed by atoms with Crippen molar-refractivity contribution in [2.75, 3.05) is 0 Å². The Labute approximate surface area is 124 Å². The van der Waals surface area contributed by atoms with Gasteiger partial charge in [-0.05, 0) is 17.7 Å². The molecule has 2 nitrogen and oxygen atoms in total. The first-order valence-electron chi connectivity index (χ1n) is 5.26. The van der Waals surface area contributed by atoms with Crippen LogP contribution in [0, 0.1) is 5.82 Å². The lowest BCUT2D eigenvalue weighted by molar-refractivity contribution is 0.0987. The molecule has 1 aromatic heterocycles. The number of carbonyl (C=O) groups is 1. The lowest BCUT2D eigenvalue weighted by atomic mass is 10.1. The molecule has 1 heterocycles. The molecule has 0 atom stereocenters. The van der Waals surface area contributed by atoms with Crippen LogP contribution in [0.3, 0.4) is 0 Å². The van der Waals surface area contributed by atoms with E-state index in [1.807, 2.05) is 0 Å². The Morgan fingerprint density at radius 3 is 2.63 bits per heavy atom. The number of hydrogen-bond donors (Lipinski definition) is 0. The van der Waals surface area contributed by atoms with Gasteiger partial charge < -0.3 is 0 Å². The minimum absolute atomic E-state index is 0.0273. The monoisotopic (exact) mass is 317 g/mol. The zero-order valence-corrected chi connectivity index (χ0v) is 11.7. The van der Waals surface area contributed by atoms with Crippen LogP contribution in [0.1, 0.15) is 16.1 Å². The predicted molar refractivity (Wildman–Crippen MR) is 73.7 cm³/mol. The highest BCUT2D eigenvalue weighted by Gasteiger charge is 2.16. The van der Waals surface area contributed by atoms with Crippen LogP contribution in [0.2, 0.25) is 15.1 Å². The first-order valence-corrected chi connectivity index (χ1v) is 6.39. The lowest BCUT2D eigenvalue weighted by Gasteiger charge is -2.05. The molecule has 1 aromatic carbocycles. The van der Waals surface area contributed by atoms with Crippen LogP contribution in [-0.4, -0.2) is 10.8 Å².